The smallest absolute Gasteiger partial charge is 0.0681 e. The fraction of sp³-hybridized carbons (Fsp3) is 0.267. The first kappa shape index (κ1) is 9.59. The van der Waals surface area contributed by atoms with Gasteiger partial charge in [0.25, 0.3) is 0 Å². The first-order valence-electron chi connectivity index (χ1n) is 5.94. The number of benzene rings is 1. The lowest BCUT2D eigenvalue weighted by Gasteiger charge is -2.19. The van der Waals surface area contributed by atoms with Gasteiger partial charge in [-0.05, 0) is 30.4 Å². The van der Waals surface area contributed by atoms with E-state index in [-0.39, 0.29) is 0 Å². The molecule has 0 radical (unpaired) electrons. The Morgan fingerprint density at radius 1 is 1.06 bits per heavy atom. The highest BCUT2D eigenvalue weighted by molar-refractivity contribution is 6.14. The predicted molar refractivity (Wildman–Crippen MR) is 68.0 cm³/mol. The summed E-state index contributed by atoms with van der Waals surface area (Å²) in [4.78, 5) is 4.71. The monoisotopic (exact) mass is 209 g/mol. The Balaban J connectivity index is 2.05. The van der Waals surface area contributed by atoms with Crippen LogP contribution in [0.1, 0.15) is 24.0 Å². The number of allylic oxidation sites excluding steroid dienone is 4. The van der Waals surface area contributed by atoms with E-state index in [0.29, 0.717) is 0 Å². The van der Waals surface area contributed by atoms with Gasteiger partial charge in [-0.15, -0.1) is 0 Å². The standard InChI is InChI=1S/C15H15N/c1-2-7-13(8-3-1)15-14-9-5-4-6-12(14)10-11-16-15/h1-2,4-7,9H,3,8,10-11H2. The topological polar surface area (TPSA) is 12.4 Å². The minimum Gasteiger partial charge on any atom is -0.284 e. The van der Waals surface area contributed by atoms with E-state index >= 15 is 0 Å². The number of hydrogen-bond acceptors (Lipinski definition) is 1. The molecule has 1 aliphatic carbocycles. The molecule has 3 rings (SSSR count). The minimum absolute atomic E-state index is 0.938. The lowest BCUT2D eigenvalue weighted by molar-refractivity contribution is 0.928. The Hall–Kier alpha value is -1.63. The zero-order valence-electron chi connectivity index (χ0n) is 9.32. The fourth-order valence-electron chi connectivity index (χ4n) is 2.42. The molecule has 0 aromatic heterocycles. The van der Waals surface area contributed by atoms with Crippen LogP contribution in [0.5, 0.6) is 0 Å². The predicted octanol–water partition coefficient (Wildman–Crippen LogP) is 3.31. The Morgan fingerprint density at radius 2 is 2.00 bits per heavy atom. The van der Waals surface area contributed by atoms with Crippen LogP contribution >= 0.6 is 0 Å². The average Bonchev–Trinajstić information content (AvgIpc) is 2.39. The van der Waals surface area contributed by atoms with Gasteiger partial charge in [0.05, 0.1) is 5.71 Å². The molecule has 0 N–H and O–H groups in total. The molecule has 0 saturated carbocycles. The van der Waals surface area contributed by atoms with Crippen molar-refractivity contribution in [2.24, 2.45) is 4.99 Å². The normalized spacial score (nSPS) is 18.8. The largest absolute Gasteiger partial charge is 0.284 e. The maximum absolute atomic E-state index is 4.71. The van der Waals surface area contributed by atoms with Gasteiger partial charge in [0.15, 0.2) is 0 Å². The van der Waals surface area contributed by atoms with Crippen molar-refractivity contribution in [3.05, 3.63) is 59.2 Å². The van der Waals surface area contributed by atoms with Gasteiger partial charge in [-0.25, -0.2) is 0 Å². The highest BCUT2D eigenvalue weighted by atomic mass is 14.7. The highest BCUT2D eigenvalue weighted by Gasteiger charge is 2.16. The Kier molecular flexibility index (Phi) is 2.45. The van der Waals surface area contributed by atoms with Crippen molar-refractivity contribution < 1.29 is 0 Å². The van der Waals surface area contributed by atoms with Crippen molar-refractivity contribution in [2.75, 3.05) is 6.54 Å². The van der Waals surface area contributed by atoms with E-state index in [1.807, 2.05) is 0 Å². The summed E-state index contributed by atoms with van der Waals surface area (Å²) >= 11 is 0. The van der Waals surface area contributed by atoms with Crippen LogP contribution in [0, 0.1) is 0 Å². The van der Waals surface area contributed by atoms with E-state index in [1.54, 1.807) is 0 Å². The van der Waals surface area contributed by atoms with Gasteiger partial charge in [-0.1, -0.05) is 42.5 Å². The van der Waals surface area contributed by atoms with Gasteiger partial charge in [0.2, 0.25) is 0 Å². The van der Waals surface area contributed by atoms with Crippen molar-refractivity contribution >= 4 is 5.71 Å². The summed E-state index contributed by atoms with van der Waals surface area (Å²) in [6.07, 6.45) is 9.95. The second kappa shape index (κ2) is 4.09. The molecule has 1 aromatic rings. The van der Waals surface area contributed by atoms with Crippen LogP contribution in [0.3, 0.4) is 0 Å². The minimum atomic E-state index is 0.938. The maximum Gasteiger partial charge on any atom is 0.0681 e. The summed E-state index contributed by atoms with van der Waals surface area (Å²) < 4.78 is 0. The van der Waals surface area contributed by atoms with Gasteiger partial charge < -0.3 is 0 Å². The van der Waals surface area contributed by atoms with Crippen molar-refractivity contribution in [3.63, 3.8) is 0 Å². The van der Waals surface area contributed by atoms with Crippen LogP contribution in [0.25, 0.3) is 0 Å². The van der Waals surface area contributed by atoms with Crippen molar-refractivity contribution in [3.8, 4) is 0 Å². The molecular formula is C15H15N. The summed E-state index contributed by atoms with van der Waals surface area (Å²) in [5.74, 6) is 0. The van der Waals surface area contributed by atoms with E-state index in [1.165, 1.54) is 22.4 Å². The van der Waals surface area contributed by atoms with Gasteiger partial charge >= 0.3 is 0 Å². The van der Waals surface area contributed by atoms with Gasteiger partial charge in [-0.3, -0.25) is 4.99 Å². The number of hydrogen-bond donors (Lipinski definition) is 0. The Bertz CT molecular complexity index is 492. The van der Waals surface area contributed by atoms with Crippen LogP contribution in [-0.2, 0) is 6.42 Å². The number of fused-ring (bicyclic) bond motifs is 1. The van der Waals surface area contributed by atoms with E-state index < -0.39 is 0 Å². The molecule has 1 heterocycles. The second-order valence-corrected chi connectivity index (χ2v) is 4.30. The molecule has 16 heavy (non-hydrogen) atoms. The van der Waals surface area contributed by atoms with E-state index in [0.717, 1.165) is 25.8 Å². The Labute approximate surface area is 96.2 Å². The third-order valence-electron chi connectivity index (χ3n) is 3.24. The molecule has 1 heteroatoms. The second-order valence-electron chi connectivity index (χ2n) is 4.30. The lowest BCUT2D eigenvalue weighted by Crippen LogP contribution is -2.15. The van der Waals surface area contributed by atoms with Crippen molar-refractivity contribution in [1.82, 2.24) is 0 Å². The average molecular weight is 209 g/mol. The number of aliphatic imine (C=N–C) groups is 1. The van der Waals surface area contributed by atoms with E-state index in [9.17, 15) is 0 Å². The third-order valence-corrected chi connectivity index (χ3v) is 3.24. The molecule has 1 aliphatic heterocycles. The summed E-state index contributed by atoms with van der Waals surface area (Å²) in [6.45, 7) is 0.938. The first-order chi connectivity index (χ1) is 7.95. The summed E-state index contributed by atoms with van der Waals surface area (Å²) in [5, 5.41) is 0. The van der Waals surface area contributed by atoms with Crippen LogP contribution in [0.2, 0.25) is 0 Å². The number of nitrogens with zero attached hydrogens (tertiary/aromatic N) is 1. The zero-order valence-corrected chi connectivity index (χ0v) is 9.32. The lowest BCUT2D eigenvalue weighted by atomic mass is 9.90. The van der Waals surface area contributed by atoms with Crippen LogP contribution in [-0.4, -0.2) is 12.3 Å². The molecule has 0 fully saturated rings. The molecule has 0 amide bonds. The maximum atomic E-state index is 4.71. The van der Waals surface area contributed by atoms with E-state index in [2.05, 4.69) is 42.5 Å². The summed E-state index contributed by atoms with van der Waals surface area (Å²) in [6, 6.07) is 8.66. The highest BCUT2D eigenvalue weighted by Crippen LogP contribution is 2.24. The molecule has 0 spiro atoms. The van der Waals surface area contributed by atoms with Gasteiger partial charge in [0, 0.05) is 12.1 Å². The molecule has 0 bridgehead atoms. The molecule has 0 atom stereocenters. The molecule has 2 aliphatic rings. The fourth-order valence-corrected chi connectivity index (χ4v) is 2.42. The Morgan fingerprint density at radius 3 is 2.88 bits per heavy atom. The zero-order chi connectivity index (χ0) is 10.8. The first-order valence-corrected chi connectivity index (χ1v) is 5.94. The molecule has 1 nitrogen and oxygen atoms in total. The van der Waals surface area contributed by atoms with E-state index in [4.69, 9.17) is 4.99 Å². The van der Waals surface area contributed by atoms with Crippen LogP contribution < -0.4 is 0 Å². The van der Waals surface area contributed by atoms with Gasteiger partial charge in [-0.2, -0.15) is 0 Å². The third kappa shape index (κ3) is 1.63. The van der Waals surface area contributed by atoms with Crippen LogP contribution in [0.15, 0.2) is 53.1 Å². The summed E-state index contributed by atoms with van der Waals surface area (Å²) in [7, 11) is 0. The number of rotatable bonds is 1. The molecule has 1 aromatic carbocycles. The molecule has 0 unspecified atom stereocenters. The molecule has 80 valence electrons. The molecule has 0 saturated heterocycles. The summed E-state index contributed by atoms with van der Waals surface area (Å²) in [5.41, 5.74) is 5.42. The van der Waals surface area contributed by atoms with Crippen molar-refractivity contribution in [2.45, 2.75) is 19.3 Å². The van der Waals surface area contributed by atoms with Crippen LogP contribution in [0.4, 0.5) is 0 Å². The van der Waals surface area contributed by atoms with Crippen molar-refractivity contribution in [1.29, 1.82) is 0 Å². The molecular weight excluding hydrogens is 194 g/mol. The van der Waals surface area contributed by atoms with Gasteiger partial charge in [0.1, 0.15) is 0 Å². The quantitative estimate of drug-likeness (QED) is 0.673. The SMILES string of the molecule is C1=CCCC(C2=NCCc3ccccc32)=C1.